The number of nitrogens with two attached hydrogens (primary N) is 1. The number of benzene rings is 2. The first-order valence-corrected chi connectivity index (χ1v) is 9.55. The Morgan fingerprint density at radius 3 is 2.43 bits per heavy atom. The molecule has 0 bridgehead atoms. The molecule has 0 saturated carbocycles. The average molecular weight is 406 g/mol. The Morgan fingerprint density at radius 1 is 1.11 bits per heavy atom. The van der Waals surface area contributed by atoms with E-state index >= 15 is 0 Å². The first-order chi connectivity index (χ1) is 13.3. The van der Waals surface area contributed by atoms with Gasteiger partial charge in [-0.3, -0.25) is 9.59 Å². The number of carbonyl (C=O) groups excluding carboxylic acids is 2. The van der Waals surface area contributed by atoms with Crippen LogP contribution in [0.25, 0.3) is 0 Å². The molecule has 0 aliphatic carbocycles. The Morgan fingerprint density at radius 2 is 1.79 bits per heavy atom. The fourth-order valence-electron chi connectivity index (χ4n) is 2.81. The fraction of sp³-hybridized carbons (Fsp3) is 0.222. The van der Waals surface area contributed by atoms with E-state index in [1.807, 2.05) is 0 Å². The van der Waals surface area contributed by atoms with Crippen LogP contribution in [0.3, 0.4) is 0 Å². The summed E-state index contributed by atoms with van der Waals surface area (Å²) in [5.41, 5.74) is 5.56. The molecule has 0 unspecified atom stereocenters. The number of amides is 2. The minimum Gasteiger partial charge on any atom is -0.493 e. The van der Waals surface area contributed by atoms with Crippen LogP contribution in [0.1, 0.15) is 15.9 Å². The van der Waals surface area contributed by atoms with Crippen LogP contribution in [-0.4, -0.2) is 45.4 Å². The molecule has 2 aromatic carbocycles. The first-order valence-electron chi connectivity index (χ1n) is 8.11. The number of rotatable bonds is 7. The zero-order chi connectivity index (χ0) is 20.5. The molecule has 28 heavy (non-hydrogen) atoms. The maximum absolute atomic E-state index is 12.9. The molecule has 0 atom stereocenters. The van der Waals surface area contributed by atoms with Crippen molar-refractivity contribution in [1.82, 2.24) is 4.31 Å². The maximum atomic E-state index is 12.9. The summed E-state index contributed by atoms with van der Waals surface area (Å²) in [4.78, 5) is 23.4. The molecule has 0 radical (unpaired) electrons. The smallest absolute Gasteiger partial charge is 0.269 e. The SMILES string of the molecule is COc1cc2c(cc1OC)S(=O)(=O)N(Cc1cccc(OCC(N)=O)c1)C2=O. The lowest BCUT2D eigenvalue weighted by molar-refractivity contribution is -0.119. The molecule has 1 aliphatic rings. The van der Waals surface area contributed by atoms with Crippen molar-refractivity contribution in [3.8, 4) is 17.2 Å². The minimum atomic E-state index is -4.06. The van der Waals surface area contributed by atoms with E-state index in [1.165, 1.54) is 32.4 Å². The van der Waals surface area contributed by atoms with Gasteiger partial charge in [-0.15, -0.1) is 0 Å². The molecule has 2 N–H and O–H groups in total. The van der Waals surface area contributed by atoms with Crippen molar-refractivity contribution in [2.24, 2.45) is 5.73 Å². The van der Waals surface area contributed by atoms with Crippen LogP contribution in [0.2, 0.25) is 0 Å². The predicted molar refractivity (Wildman–Crippen MR) is 97.7 cm³/mol. The second-order valence-electron chi connectivity index (χ2n) is 5.92. The first kappa shape index (κ1) is 19.5. The van der Waals surface area contributed by atoms with Crippen molar-refractivity contribution < 1.29 is 32.2 Å². The van der Waals surface area contributed by atoms with Gasteiger partial charge in [-0.1, -0.05) is 12.1 Å². The average Bonchev–Trinajstić information content (AvgIpc) is 2.86. The molecule has 0 aromatic heterocycles. The molecule has 3 rings (SSSR count). The van der Waals surface area contributed by atoms with Gasteiger partial charge in [0.2, 0.25) is 0 Å². The Kier molecular flexibility index (Phi) is 5.14. The van der Waals surface area contributed by atoms with Crippen molar-refractivity contribution in [2.45, 2.75) is 11.4 Å². The largest absolute Gasteiger partial charge is 0.493 e. The standard InChI is InChI=1S/C18H18N2O7S/c1-25-14-7-13-16(8-15(14)26-2)28(23,24)20(18(13)22)9-11-4-3-5-12(6-11)27-10-17(19)21/h3-8H,9-10H2,1-2H3,(H2,19,21). The highest BCUT2D eigenvalue weighted by atomic mass is 32.2. The van der Waals surface area contributed by atoms with Crippen LogP contribution in [-0.2, 0) is 21.4 Å². The number of hydrogen-bond donors (Lipinski definition) is 1. The predicted octanol–water partition coefficient (Wildman–Crippen LogP) is 0.913. The summed E-state index contributed by atoms with van der Waals surface area (Å²) in [5, 5.41) is 0. The van der Waals surface area contributed by atoms with Gasteiger partial charge in [-0.25, -0.2) is 12.7 Å². The van der Waals surface area contributed by atoms with Crippen molar-refractivity contribution in [1.29, 1.82) is 0 Å². The molecule has 0 spiro atoms. The number of methoxy groups -OCH3 is 2. The second kappa shape index (κ2) is 7.39. The molecule has 0 fully saturated rings. The van der Waals surface area contributed by atoms with Gasteiger partial charge in [0, 0.05) is 6.07 Å². The summed E-state index contributed by atoms with van der Waals surface area (Å²) < 4.78 is 42.0. The van der Waals surface area contributed by atoms with Crippen LogP contribution >= 0.6 is 0 Å². The van der Waals surface area contributed by atoms with Crippen LogP contribution in [0.15, 0.2) is 41.3 Å². The van der Waals surface area contributed by atoms with Crippen molar-refractivity contribution in [2.75, 3.05) is 20.8 Å². The highest BCUT2D eigenvalue weighted by Gasteiger charge is 2.42. The molecule has 0 saturated heterocycles. The van der Waals surface area contributed by atoms with Crippen molar-refractivity contribution in [3.63, 3.8) is 0 Å². The summed E-state index contributed by atoms with van der Waals surface area (Å²) in [6.45, 7) is -0.510. The third kappa shape index (κ3) is 3.46. The molecular formula is C18H18N2O7S. The van der Waals surface area contributed by atoms with Gasteiger partial charge in [-0.2, -0.15) is 0 Å². The van der Waals surface area contributed by atoms with E-state index < -0.39 is 21.8 Å². The Hall–Kier alpha value is -3.27. The Labute approximate surface area is 161 Å². The molecule has 2 amide bonds. The molecule has 10 heteroatoms. The number of carbonyl (C=O) groups is 2. The van der Waals surface area contributed by atoms with Gasteiger partial charge in [0.15, 0.2) is 18.1 Å². The lowest BCUT2D eigenvalue weighted by Crippen LogP contribution is -2.29. The minimum absolute atomic E-state index is 0.0128. The van der Waals surface area contributed by atoms with Crippen LogP contribution in [0, 0.1) is 0 Å². The number of sulfonamides is 1. The molecule has 1 heterocycles. The van der Waals surface area contributed by atoms with E-state index in [4.69, 9.17) is 19.9 Å². The molecule has 9 nitrogen and oxygen atoms in total. The van der Waals surface area contributed by atoms with Crippen molar-refractivity contribution >= 4 is 21.8 Å². The molecule has 148 valence electrons. The van der Waals surface area contributed by atoms with Gasteiger partial charge in [0.25, 0.3) is 21.8 Å². The number of ether oxygens (including phenoxy) is 3. The van der Waals surface area contributed by atoms with Crippen LogP contribution in [0.4, 0.5) is 0 Å². The van der Waals surface area contributed by atoms with Gasteiger partial charge in [0.05, 0.1) is 26.3 Å². The third-order valence-corrected chi connectivity index (χ3v) is 5.89. The van der Waals surface area contributed by atoms with E-state index in [2.05, 4.69) is 0 Å². The highest BCUT2D eigenvalue weighted by Crippen LogP contribution is 2.39. The fourth-order valence-corrected chi connectivity index (χ4v) is 4.37. The lowest BCUT2D eigenvalue weighted by Gasteiger charge is -2.15. The topological polar surface area (TPSA) is 125 Å². The van der Waals surface area contributed by atoms with Crippen LogP contribution < -0.4 is 19.9 Å². The molecule has 1 aliphatic heterocycles. The number of primary amides is 1. The highest BCUT2D eigenvalue weighted by molar-refractivity contribution is 7.90. The Bertz CT molecular complexity index is 1050. The van der Waals surface area contributed by atoms with E-state index in [0.29, 0.717) is 11.3 Å². The lowest BCUT2D eigenvalue weighted by atomic mass is 10.1. The Balaban J connectivity index is 1.93. The second-order valence-corrected chi connectivity index (χ2v) is 7.75. The maximum Gasteiger partial charge on any atom is 0.269 e. The van der Waals surface area contributed by atoms with Gasteiger partial charge in [-0.05, 0) is 23.8 Å². The zero-order valence-corrected chi connectivity index (χ0v) is 16.0. The van der Waals surface area contributed by atoms with E-state index in [1.54, 1.807) is 18.2 Å². The van der Waals surface area contributed by atoms with Gasteiger partial charge < -0.3 is 19.9 Å². The number of hydrogen-bond acceptors (Lipinski definition) is 7. The molecular weight excluding hydrogens is 388 g/mol. The van der Waals surface area contributed by atoms with Gasteiger partial charge >= 0.3 is 0 Å². The number of nitrogens with zero attached hydrogens (tertiary/aromatic N) is 1. The third-order valence-electron chi connectivity index (χ3n) is 4.12. The number of fused-ring (bicyclic) bond motifs is 1. The van der Waals surface area contributed by atoms with Crippen LogP contribution in [0.5, 0.6) is 17.2 Å². The monoisotopic (exact) mass is 406 g/mol. The summed E-state index contributed by atoms with van der Waals surface area (Å²) >= 11 is 0. The van der Waals surface area contributed by atoms with Gasteiger partial charge in [0.1, 0.15) is 10.6 Å². The van der Waals surface area contributed by atoms with E-state index in [-0.39, 0.29) is 35.1 Å². The van der Waals surface area contributed by atoms with E-state index in [9.17, 15) is 18.0 Å². The summed E-state index contributed by atoms with van der Waals surface area (Å²) in [6.07, 6.45) is 0. The molecule has 2 aromatic rings. The zero-order valence-electron chi connectivity index (χ0n) is 15.2. The summed E-state index contributed by atoms with van der Waals surface area (Å²) in [7, 11) is -1.28. The quantitative estimate of drug-likeness (QED) is 0.724. The summed E-state index contributed by atoms with van der Waals surface area (Å²) in [6, 6.07) is 9.02. The van der Waals surface area contributed by atoms with Crippen molar-refractivity contribution in [3.05, 3.63) is 47.5 Å². The van der Waals surface area contributed by atoms with E-state index in [0.717, 1.165) is 4.31 Å². The normalized spacial score (nSPS) is 14.5. The summed E-state index contributed by atoms with van der Waals surface area (Å²) in [5.74, 6) is -0.503.